The van der Waals surface area contributed by atoms with Gasteiger partial charge in [0.05, 0.1) is 11.2 Å². The molecule has 0 saturated carbocycles. The van der Waals surface area contributed by atoms with Gasteiger partial charge in [-0.25, -0.2) is 0 Å². The molecule has 1 heterocycles. The minimum atomic E-state index is 0. The van der Waals surface area contributed by atoms with Crippen LogP contribution in [0, 0.1) is 0 Å². The van der Waals surface area contributed by atoms with Crippen molar-refractivity contribution >= 4 is 29.0 Å². The van der Waals surface area contributed by atoms with E-state index in [9.17, 15) is 0 Å². The molecule has 0 fully saturated rings. The van der Waals surface area contributed by atoms with Crippen molar-refractivity contribution in [3.05, 3.63) is 36.5 Å². The Balaban J connectivity index is 0.000000720. The maximum Gasteiger partial charge on any atom is 0.0931 e. The van der Waals surface area contributed by atoms with E-state index in [0.717, 1.165) is 16.6 Å². The van der Waals surface area contributed by atoms with Crippen molar-refractivity contribution in [2.75, 3.05) is 5.73 Å². The molecule has 0 amide bonds. The number of benzene rings is 1. The number of nitrogen functional groups attached to an aromatic ring is 1. The van der Waals surface area contributed by atoms with Gasteiger partial charge >= 0.3 is 0 Å². The van der Waals surface area contributed by atoms with Crippen molar-refractivity contribution in [2.24, 2.45) is 0 Å². The molecule has 0 aliphatic carbocycles. The summed E-state index contributed by atoms with van der Waals surface area (Å²) in [6.07, 6.45) is 1.75. The van der Waals surface area contributed by atoms with Crippen LogP contribution >= 0.6 is 12.4 Å². The number of hydrogen-bond acceptors (Lipinski definition) is 2. The number of nitrogens with two attached hydrogens (primary N) is 1. The zero-order valence-electron chi connectivity index (χ0n) is 6.40. The largest absolute Gasteiger partial charge is 0.397 e. The lowest BCUT2D eigenvalue weighted by Gasteiger charge is -1.97. The highest BCUT2D eigenvalue weighted by molar-refractivity contribution is 5.88. The van der Waals surface area contributed by atoms with Gasteiger partial charge in [0, 0.05) is 11.6 Å². The Morgan fingerprint density at radius 2 is 1.83 bits per heavy atom. The Kier molecular flexibility index (Phi) is 2.51. The fraction of sp³-hybridized carbons (Fsp3) is 0. The predicted octanol–water partition coefficient (Wildman–Crippen LogP) is 2.24. The van der Waals surface area contributed by atoms with Crippen molar-refractivity contribution in [1.82, 2.24) is 4.98 Å². The number of rotatable bonds is 0. The average molecular weight is 181 g/mol. The summed E-state index contributed by atoms with van der Waals surface area (Å²) in [5, 5.41) is 1.09. The van der Waals surface area contributed by atoms with Gasteiger partial charge < -0.3 is 5.73 Å². The van der Waals surface area contributed by atoms with E-state index in [1.54, 1.807) is 6.20 Å². The van der Waals surface area contributed by atoms with Gasteiger partial charge in [0.25, 0.3) is 0 Å². The molecule has 1 aromatic carbocycles. The van der Waals surface area contributed by atoms with Gasteiger partial charge in [-0.15, -0.1) is 12.4 Å². The third kappa shape index (κ3) is 1.34. The highest BCUT2D eigenvalue weighted by Crippen LogP contribution is 2.16. The number of hydrogen-bond donors (Lipinski definition) is 1. The van der Waals surface area contributed by atoms with Crippen LogP contribution in [-0.4, -0.2) is 4.98 Å². The van der Waals surface area contributed by atoms with E-state index in [4.69, 9.17) is 5.73 Å². The van der Waals surface area contributed by atoms with Crippen LogP contribution in [0.15, 0.2) is 36.5 Å². The SMILES string of the molecule is Cl.Nc1cccc2cccnc12. The molecule has 0 radical (unpaired) electrons. The quantitative estimate of drug-likeness (QED) is 0.632. The van der Waals surface area contributed by atoms with Crippen LogP contribution in [-0.2, 0) is 0 Å². The van der Waals surface area contributed by atoms with Crippen LogP contribution in [0.5, 0.6) is 0 Å². The molecule has 0 bridgehead atoms. The third-order valence-electron chi connectivity index (χ3n) is 1.66. The summed E-state index contributed by atoms with van der Waals surface area (Å²) in [6.45, 7) is 0. The molecule has 0 saturated heterocycles. The minimum absolute atomic E-state index is 0. The predicted molar refractivity (Wildman–Crippen MR) is 53.4 cm³/mol. The van der Waals surface area contributed by atoms with E-state index < -0.39 is 0 Å². The summed E-state index contributed by atoms with van der Waals surface area (Å²) in [5.41, 5.74) is 7.32. The summed E-state index contributed by atoms with van der Waals surface area (Å²) in [4.78, 5) is 4.16. The highest BCUT2D eigenvalue weighted by atomic mass is 35.5. The monoisotopic (exact) mass is 180 g/mol. The van der Waals surface area contributed by atoms with Gasteiger partial charge in [-0.2, -0.15) is 0 Å². The fourth-order valence-corrected chi connectivity index (χ4v) is 1.13. The molecule has 2 rings (SSSR count). The first-order chi connectivity index (χ1) is 5.38. The molecule has 12 heavy (non-hydrogen) atoms. The topological polar surface area (TPSA) is 38.9 Å². The maximum absolute atomic E-state index is 5.69. The molecular weight excluding hydrogens is 172 g/mol. The summed E-state index contributed by atoms with van der Waals surface area (Å²) < 4.78 is 0. The zero-order chi connectivity index (χ0) is 7.68. The molecule has 0 spiro atoms. The number of anilines is 1. The number of halogens is 1. The Hall–Kier alpha value is -1.28. The highest BCUT2D eigenvalue weighted by Gasteiger charge is 1.94. The number of fused-ring (bicyclic) bond motifs is 1. The molecule has 0 aliphatic heterocycles. The first kappa shape index (κ1) is 8.81. The fourth-order valence-electron chi connectivity index (χ4n) is 1.13. The molecule has 2 N–H and O–H groups in total. The van der Waals surface area contributed by atoms with Crippen LogP contribution in [0.4, 0.5) is 5.69 Å². The third-order valence-corrected chi connectivity index (χ3v) is 1.66. The van der Waals surface area contributed by atoms with Crippen LogP contribution in [0.25, 0.3) is 10.9 Å². The van der Waals surface area contributed by atoms with Crippen molar-refractivity contribution in [3.63, 3.8) is 0 Å². The Morgan fingerprint density at radius 3 is 2.58 bits per heavy atom. The van der Waals surface area contributed by atoms with Crippen LogP contribution in [0.1, 0.15) is 0 Å². The van der Waals surface area contributed by atoms with Crippen molar-refractivity contribution in [1.29, 1.82) is 0 Å². The second-order valence-corrected chi connectivity index (χ2v) is 2.42. The number of nitrogens with zero attached hydrogens (tertiary/aromatic N) is 1. The smallest absolute Gasteiger partial charge is 0.0931 e. The average Bonchev–Trinajstić information content (AvgIpc) is 2.06. The molecule has 1 aromatic heterocycles. The minimum Gasteiger partial charge on any atom is -0.397 e. The number of pyridine rings is 1. The zero-order valence-corrected chi connectivity index (χ0v) is 7.21. The number of para-hydroxylation sites is 1. The van der Waals surface area contributed by atoms with E-state index in [-0.39, 0.29) is 12.4 Å². The van der Waals surface area contributed by atoms with Gasteiger partial charge in [0.1, 0.15) is 0 Å². The summed E-state index contributed by atoms with van der Waals surface area (Å²) >= 11 is 0. The molecule has 62 valence electrons. The lowest BCUT2D eigenvalue weighted by molar-refractivity contribution is 1.41. The lowest BCUT2D eigenvalue weighted by Crippen LogP contribution is -1.87. The standard InChI is InChI=1S/C9H8N2.ClH/c10-8-5-1-3-7-4-2-6-11-9(7)8;/h1-6H,10H2;1H. The van der Waals surface area contributed by atoms with Gasteiger partial charge in [-0.05, 0) is 12.1 Å². The molecule has 0 unspecified atom stereocenters. The number of aromatic nitrogens is 1. The van der Waals surface area contributed by atoms with Gasteiger partial charge in [-0.3, -0.25) is 4.98 Å². The molecule has 0 atom stereocenters. The first-order valence-electron chi connectivity index (χ1n) is 3.47. The Morgan fingerprint density at radius 1 is 1.08 bits per heavy atom. The van der Waals surface area contributed by atoms with Crippen molar-refractivity contribution in [2.45, 2.75) is 0 Å². The van der Waals surface area contributed by atoms with Gasteiger partial charge in [0.2, 0.25) is 0 Å². The van der Waals surface area contributed by atoms with Crippen molar-refractivity contribution < 1.29 is 0 Å². The van der Waals surface area contributed by atoms with E-state index in [1.165, 1.54) is 0 Å². The second kappa shape index (κ2) is 3.41. The first-order valence-corrected chi connectivity index (χ1v) is 3.47. The van der Waals surface area contributed by atoms with E-state index in [2.05, 4.69) is 4.98 Å². The summed E-state index contributed by atoms with van der Waals surface area (Å²) in [7, 11) is 0. The molecule has 2 nitrogen and oxygen atoms in total. The summed E-state index contributed by atoms with van der Waals surface area (Å²) in [6, 6.07) is 9.69. The molecule has 0 aliphatic rings. The van der Waals surface area contributed by atoms with Gasteiger partial charge in [-0.1, -0.05) is 18.2 Å². The van der Waals surface area contributed by atoms with Crippen molar-refractivity contribution in [3.8, 4) is 0 Å². The van der Waals surface area contributed by atoms with Gasteiger partial charge in [0.15, 0.2) is 0 Å². The maximum atomic E-state index is 5.69. The van der Waals surface area contributed by atoms with Crippen LogP contribution < -0.4 is 5.73 Å². The Labute approximate surface area is 76.8 Å². The van der Waals surface area contributed by atoms with E-state index >= 15 is 0 Å². The second-order valence-electron chi connectivity index (χ2n) is 2.42. The van der Waals surface area contributed by atoms with E-state index in [0.29, 0.717) is 0 Å². The molecular formula is C9H9ClN2. The van der Waals surface area contributed by atoms with E-state index in [1.807, 2.05) is 30.3 Å². The van der Waals surface area contributed by atoms with Crippen LogP contribution in [0.2, 0.25) is 0 Å². The molecule has 2 aromatic rings. The normalized spacial score (nSPS) is 9.33. The lowest BCUT2D eigenvalue weighted by atomic mass is 10.2. The Bertz CT molecular complexity index is 382. The summed E-state index contributed by atoms with van der Waals surface area (Å²) in [5.74, 6) is 0. The van der Waals surface area contributed by atoms with Crippen LogP contribution in [0.3, 0.4) is 0 Å². The molecule has 3 heteroatoms.